The lowest BCUT2D eigenvalue weighted by atomic mass is 9.96. The van der Waals surface area contributed by atoms with Crippen LogP contribution in [0.4, 0.5) is 0 Å². The maximum Gasteiger partial charge on any atom is 0.314 e. The number of hydrogen-bond acceptors (Lipinski definition) is 1. The molecule has 0 aromatic carbocycles. The third-order valence-corrected chi connectivity index (χ3v) is 2.80. The zero-order chi connectivity index (χ0) is 8.70. The number of carboxylic acid groups (broad SMARTS) is 1. The van der Waals surface area contributed by atoms with Crippen molar-refractivity contribution < 1.29 is 9.90 Å². The fourth-order valence-electron chi connectivity index (χ4n) is 1.48. The van der Waals surface area contributed by atoms with Gasteiger partial charge in [-0.1, -0.05) is 35.9 Å². The first-order valence-corrected chi connectivity index (χ1v) is 4.39. The smallest absolute Gasteiger partial charge is 0.314 e. The summed E-state index contributed by atoms with van der Waals surface area (Å²) < 4.78 is 0. The summed E-state index contributed by atoms with van der Waals surface area (Å²) in [5.74, 6) is -0.724. The van der Waals surface area contributed by atoms with Gasteiger partial charge in [-0.05, 0) is 16.8 Å². The number of carbonyl (C=O) groups is 1. The Balaban J connectivity index is 2.88. The average molecular weight is 219 g/mol. The normalized spacial score (nSPS) is 34.1. The summed E-state index contributed by atoms with van der Waals surface area (Å²) in [4.78, 5) is 12.5. The summed E-state index contributed by atoms with van der Waals surface area (Å²) in [6.07, 6.45) is 2.45. The second-order valence-corrected chi connectivity index (χ2v) is 4.16. The Hall–Kier alpha value is -0.310. The van der Waals surface area contributed by atoms with Gasteiger partial charge in [-0.2, -0.15) is 0 Å². The number of hydrogen-bond donors (Lipinski definition) is 1. The van der Waals surface area contributed by atoms with Crippen LogP contribution in [0.1, 0.15) is 20.3 Å². The molecule has 0 bridgehead atoms. The molecule has 0 radical (unpaired) electrons. The maximum absolute atomic E-state index is 10.8. The highest BCUT2D eigenvalue weighted by Gasteiger charge is 2.65. The van der Waals surface area contributed by atoms with Crippen LogP contribution in [-0.4, -0.2) is 11.1 Å². The third-order valence-electron chi connectivity index (χ3n) is 2.53. The fraction of sp³-hybridized carbons (Fsp3) is 0.625. The molecule has 1 aliphatic carbocycles. The molecule has 2 nitrogen and oxygen atoms in total. The van der Waals surface area contributed by atoms with Gasteiger partial charge in [0.15, 0.2) is 0 Å². The highest BCUT2D eigenvalue weighted by molar-refractivity contribution is 9.11. The molecule has 0 saturated heterocycles. The predicted octanol–water partition coefficient (Wildman–Crippen LogP) is 2.40. The molecular weight excluding hydrogens is 208 g/mol. The highest BCUT2D eigenvalue weighted by atomic mass is 79.9. The monoisotopic (exact) mass is 218 g/mol. The molecule has 1 rings (SSSR count). The van der Waals surface area contributed by atoms with Gasteiger partial charge in [0.25, 0.3) is 0 Å². The molecular formula is C8H11BrO2. The van der Waals surface area contributed by atoms with Crippen LogP contribution in [0.15, 0.2) is 11.1 Å². The topological polar surface area (TPSA) is 37.3 Å². The van der Waals surface area contributed by atoms with Crippen molar-refractivity contribution in [3.8, 4) is 0 Å². The summed E-state index contributed by atoms with van der Waals surface area (Å²) in [7, 11) is 0. The van der Waals surface area contributed by atoms with E-state index in [-0.39, 0.29) is 5.41 Å². The van der Waals surface area contributed by atoms with E-state index in [1.807, 2.05) is 13.8 Å². The molecule has 0 aromatic rings. The van der Waals surface area contributed by atoms with Gasteiger partial charge in [0.2, 0.25) is 0 Å². The molecule has 1 N–H and O–H groups in total. The molecule has 1 atom stereocenters. The second kappa shape index (κ2) is 2.34. The van der Waals surface area contributed by atoms with Crippen LogP contribution in [0, 0.1) is 10.8 Å². The van der Waals surface area contributed by atoms with Crippen LogP contribution < -0.4 is 0 Å². The van der Waals surface area contributed by atoms with Gasteiger partial charge < -0.3 is 5.11 Å². The van der Waals surface area contributed by atoms with Crippen LogP contribution in [0.2, 0.25) is 0 Å². The molecule has 11 heavy (non-hydrogen) atoms. The number of aliphatic carboxylic acids is 1. The van der Waals surface area contributed by atoms with Crippen molar-refractivity contribution in [1.29, 1.82) is 0 Å². The molecule has 0 aliphatic heterocycles. The minimum absolute atomic E-state index is 0.0803. The predicted molar refractivity (Wildman–Crippen MR) is 46.5 cm³/mol. The summed E-state index contributed by atoms with van der Waals surface area (Å²) >= 11 is 3.10. The number of carboxylic acids is 1. The van der Waals surface area contributed by atoms with Gasteiger partial charge in [0.1, 0.15) is 0 Å². The Morgan fingerprint density at radius 3 is 2.18 bits per heavy atom. The van der Waals surface area contributed by atoms with E-state index < -0.39 is 11.4 Å². The zero-order valence-electron chi connectivity index (χ0n) is 6.60. The van der Waals surface area contributed by atoms with Gasteiger partial charge in [0, 0.05) is 0 Å². The van der Waals surface area contributed by atoms with Crippen molar-refractivity contribution in [1.82, 2.24) is 0 Å². The van der Waals surface area contributed by atoms with Gasteiger partial charge in [-0.25, -0.2) is 0 Å². The van der Waals surface area contributed by atoms with E-state index >= 15 is 0 Å². The lowest BCUT2D eigenvalue weighted by Crippen LogP contribution is -2.17. The minimum atomic E-state index is -0.724. The number of rotatable bonds is 2. The Kier molecular flexibility index (Phi) is 1.87. The molecule has 0 heterocycles. The van der Waals surface area contributed by atoms with Crippen molar-refractivity contribution in [2.45, 2.75) is 20.3 Å². The summed E-state index contributed by atoms with van der Waals surface area (Å²) in [6, 6.07) is 0. The Morgan fingerprint density at radius 2 is 2.09 bits per heavy atom. The van der Waals surface area contributed by atoms with Crippen molar-refractivity contribution >= 4 is 21.9 Å². The minimum Gasteiger partial charge on any atom is -0.481 e. The van der Waals surface area contributed by atoms with Gasteiger partial charge in [-0.3, -0.25) is 4.79 Å². The van der Waals surface area contributed by atoms with Gasteiger partial charge in [-0.15, -0.1) is 0 Å². The van der Waals surface area contributed by atoms with E-state index in [1.165, 1.54) is 0 Å². The second-order valence-electron chi connectivity index (χ2n) is 3.63. The summed E-state index contributed by atoms with van der Waals surface area (Å²) in [6.45, 7) is 3.93. The molecule has 0 spiro atoms. The lowest BCUT2D eigenvalue weighted by Gasteiger charge is -2.08. The molecule has 1 unspecified atom stereocenters. The first-order chi connectivity index (χ1) is 4.96. The van der Waals surface area contributed by atoms with Crippen LogP contribution in [0.3, 0.4) is 0 Å². The van der Waals surface area contributed by atoms with E-state index in [1.54, 1.807) is 11.1 Å². The van der Waals surface area contributed by atoms with Crippen molar-refractivity contribution in [3.63, 3.8) is 0 Å². The first-order valence-electron chi connectivity index (χ1n) is 3.48. The van der Waals surface area contributed by atoms with Crippen molar-refractivity contribution in [3.05, 3.63) is 11.1 Å². The zero-order valence-corrected chi connectivity index (χ0v) is 8.18. The third kappa shape index (κ3) is 1.11. The van der Waals surface area contributed by atoms with E-state index in [0.717, 1.165) is 6.42 Å². The Labute approximate surface area is 74.4 Å². The lowest BCUT2D eigenvalue weighted by molar-refractivity contribution is -0.142. The van der Waals surface area contributed by atoms with Crippen LogP contribution in [0.5, 0.6) is 0 Å². The molecule has 1 fully saturated rings. The summed E-state index contributed by atoms with van der Waals surface area (Å²) in [5.41, 5.74) is -0.695. The van der Waals surface area contributed by atoms with Crippen molar-refractivity contribution in [2.75, 3.05) is 0 Å². The van der Waals surface area contributed by atoms with Crippen LogP contribution >= 0.6 is 15.9 Å². The quantitative estimate of drug-likeness (QED) is 0.774. The van der Waals surface area contributed by atoms with Crippen LogP contribution in [0.25, 0.3) is 0 Å². The molecule has 1 aliphatic rings. The summed E-state index contributed by atoms with van der Waals surface area (Å²) in [5, 5.41) is 8.90. The SMILES string of the molecule is CC1(C)CC1(C=CBr)C(=O)O. The standard InChI is InChI=1S/C8H11BrO2/c1-7(2)5-8(7,3-4-9)6(10)11/h3-4H,5H2,1-2H3,(H,10,11). The highest BCUT2D eigenvalue weighted by Crippen LogP contribution is 2.64. The van der Waals surface area contributed by atoms with Gasteiger partial charge >= 0.3 is 5.97 Å². The molecule has 0 aromatic heterocycles. The van der Waals surface area contributed by atoms with E-state index in [9.17, 15) is 4.79 Å². The molecule has 3 heteroatoms. The Morgan fingerprint density at radius 1 is 1.64 bits per heavy atom. The number of halogens is 1. The van der Waals surface area contributed by atoms with E-state index in [4.69, 9.17) is 5.11 Å². The molecule has 0 amide bonds. The van der Waals surface area contributed by atoms with E-state index in [0.29, 0.717) is 0 Å². The molecule has 62 valence electrons. The largest absolute Gasteiger partial charge is 0.481 e. The van der Waals surface area contributed by atoms with Crippen LogP contribution in [-0.2, 0) is 4.79 Å². The molecule has 1 saturated carbocycles. The van der Waals surface area contributed by atoms with Gasteiger partial charge in [0.05, 0.1) is 5.41 Å². The van der Waals surface area contributed by atoms with E-state index in [2.05, 4.69) is 15.9 Å². The Bertz CT molecular complexity index is 220. The maximum atomic E-state index is 10.8. The average Bonchev–Trinajstić information content (AvgIpc) is 2.36. The first kappa shape index (κ1) is 8.78. The fourth-order valence-corrected chi connectivity index (χ4v) is 1.93. The van der Waals surface area contributed by atoms with Crippen molar-refractivity contribution in [2.24, 2.45) is 10.8 Å².